The van der Waals surface area contributed by atoms with Crippen LogP contribution >= 0.6 is 23.2 Å². The minimum atomic E-state index is -0.531. The molecule has 3 N–H and O–H groups in total. The van der Waals surface area contributed by atoms with Gasteiger partial charge in [0, 0.05) is 23.3 Å². The van der Waals surface area contributed by atoms with Crippen molar-refractivity contribution in [3.05, 3.63) is 40.0 Å². The largest absolute Gasteiger partial charge is 0.387 e. The number of carbonyl (C=O) groups is 1. The summed E-state index contributed by atoms with van der Waals surface area (Å²) in [5, 5.41) is 19.4. The first-order valence-corrected chi connectivity index (χ1v) is 9.20. The Balaban J connectivity index is 2.09. The molecule has 26 heavy (non-hydrogen) atoms. The van der Waals surface area contributed by atoms with Gasteiger partial charge in [-0.25, -0.2) is 0 Å². The van der Waals surface area contributed by atoms with E-state index in [1.54, 1.807) is 18.2 Å². The van der Waals surface area contributed by atoms with Gasteiger partial charge < -0.3 is 16.0 Å². The average molecular weight is 395 g/mol. The van der Waals surface area contributed by atoms with Crippen molar-refractivity contribution in [2.24, 2.45) is 0 Å². The molecule has 140 valence electrons. The van der Waals surface area contributed by atoms with Gasteiger partial charge in [0.1, 0.15) is 11.6 Å². The summed E-state index contributed by atoms with van der Waals surface area (Å²) in [5.74, 6) is -0.531. The third kappa shape index (κ3) is 5.38. The molecule has 0 atom stereocenters. The Kier molecular flexibility index (Phi) is 6.23. The Morgan fingerprint density at radius 3 is 2.46 bits per heavy atom. The van der Waals surface area contributed by atoms with E-state index in [0.717, 1.165) is 12.8 Å². The maximum Gasteiger partial charge on any atom is 0.267 e. The Morgan fingerprint density at radius 2 is 1.88 bits per heavy atom. The minimum Gasteiger partial charge on any atom is -0.387 e. The smallest absolute Gasteiger partial charge is 0.267 e. The molecular weight excluding hydrogens is 371 g/mol. The highest BCUT2D eigenvalue weighted by atomic mass is 35.5. The quantitative estimate of drug-likeness (QED) is 0.527. The van der Waals surface area contributed by atoms with E-state index in [2.05, 4.69) is 43.6 Å². The second-order valence-electron chi connectivity index (χ2n) is 7.89. The molecule has 1 aromatic carbocycles. The molecule has 0 aliphatic carbocycles. The molecule has 0 saturated carbocycles. The lowest BCUT2D eigenvalue weighted by Crippen LogP contribution is -2.61. The third-order valence-electron chi connectivity index (χ3n) is 4.22. The first-order chi connectivity index (χ1) is 12.0. The number of halogens is 2. The molecule has 7 heteroatoms. The molecule has 1 aliphatic heterocycles. The maximum atomic E-state index is 12.4. The number of hydrogen-bond acceptors (Lipinski definition) is 4. The van der Waals surface area contributed by atoms with Gasteiger partial charge in [-0.1, -0.05) is 29.3 Å². The molecule has 1 saturated heterocycles. The lowest BCUT2D eigenvalue weighted by atomic mass is 9.80. The van der Waals surface area contributed by atoms with Crippen molar-refractivity contribution in [2.45, 2.75) is 57.7 Å². The van der Waals surface area contributed by atoms with Crippen LogP contribution in [0.25, 0.3) is 0 Å². The monoisotopic (exact) mass is 394 g/mol. The Labute approximate surface area is 164 Å². The molecule has 1 aliphatic rings. The van der Waals surface area contributed by atoms with E-state index >= 15 is 0 Å². The summed E-state index contributed by atoms with van der Waals surface area (Å²) in [5.41, 5.74) is 0.289. The first-order valence-electron chi connectivity index (χ1n) is 8.44. The fourth-order valence-electron chi connectivity index (χ4n) is 3.58. The predicted octanol–water partition coefficient (Wildman–Crippen LogP) is 4.24. The Hall–Kier alpha value is -1.74. The first kappa shape index (κ1) is 20.6. The molecule has 5 nitrogen and oxygen atoms in total. The molecule has 0 radical (unpaired) electrons. The molecule has 2 rings (SSSR count). The predicted molar refractivity (Wildman–Crippen MR) is 106 cm³/mol. The van der Waals surface area contributed by atoms with Gasteiger partial charge >= 0.3 is 0 Å². The van der Waals surface area contributed by atoms with Gasteiger partial charge in [0.15, 0.2) is 0 Å². The number of anilines is 1. The zero-order valence-corrected chi connectivity index (χ0v) is 16.9. The summed E-state index contributed by atoms with van der Waals surface area (Å²) in [6, 6.07) is 7.03. The molecule has 0 unspecified atom stereocenters. The maximum absolute atomic E-state index is 12.4. The number of nitrogens with one attached hydrogen (secondary N) is 3. The van der Waals surface area contributed by atoms with Gasteiger partial charge in [0.25, 0.3) is 5.91 Å². The van der Waals surface area contributed by atoms with Gasteiger partial charge in [-0.15, -0.1) is 0 Å². The van der Waals surface area contributed by atoms with E-state index in [1.165, 1.54) is 6.20 Å². The number of nitrogens with zero attached hydrogens (tertiary/aromatic N) is 1. The summed E-state index contributed by atoms with van der Waals surface area (Å²) in [6.07, 6.45) is 3.25. The highest BCUT2D eigenvalue weighted by Crippen LogP contribution is 2.30. The van der Waals surface area contributed by atoms with E-state index in [9.17, 15) is 10.1 Å². The summed E-state index contributed by atoms with van der Waals surface area (Å²) in [4.78, 5) is 12.4. The molecule has 0 aromatic heterocycles. The van der Waals surface area contributed by atoms with E-state index in [-0.39, 0.29) is 27.7 Å². The number of carbonyl (C=O) groups excluding carboxylic acids is 1. The highest BCUT2D eigenvalue weighted by Gasteiger charge is 2.37. The van der Waals surface area contributed by atoms with Gasteiger partial charge in [-0.2, -0.15) is 5.26 Å². The molecule has 0 spiro atoms. The van der Waals surface area contributed by atoms with Crippen molar-refractivity contribution in [1.29, 1.82) is 5.26 Å². The second-order valence-corrected chi connectivity index (χ2v) is 8.68. The van der Waals surface area contributed by atoms with Crippen LogP contribution in [0.1, 0.15) is 40.5 Å². The van der Waals surface area contributed by atoms with Crippen molar-refractivity contribution < 1.29 is 4.79 Å². The van der Waals surface area contributed by atoms with Crippen LogP contribution in [0.4, 0.5) is 5.69 Å². The number of amides is 1. The fourth-order valence-corrected chi connectivity index (χ4v) is 3.93. The molecule has 0 bridgehead atoms. The van der Waals surface area contributed by atoms with Crippen molar-refractivity contribution in [3.63, 3.8) is 0 Å². The van der Waals surface area contributed by atoms with Crippen LogP contribution in [0.5, 0.6) is 0 Å². The average Bonchev–Trinajstić information content (AvgIpc) is 2.49. The van der Waals surface area contributed by atoms with E-state index in [0.29, 0.717) is 10.7 Å². The van der Waals surface area contributed by atoms with Gasteiger partial charge in [0.2, 0.25) is 0 Å². The van der Waals surface area contributed by atoms with Crippen molar-refractivity contribution in [2.75, 3.05) is 5.32 Å². The third-order valence-corrected chi connectivity index (χ3v) is 5.04. The molecule has 1 amide bonds. The summed E-state index contributed by atoms with van der Waals surface area (Å²) in [7, 11) is 0. The van der Waals surface area contributed by atoms with Gasteiger partial charge in [0.05, 0.1) is 15.7 Å². The van der Waals surface area contributed by atoms with E-state index in [4.69, 9.17) is 23.2 Å². The molecular formula is C19H24Cl2N4O. The summed E-state index contributed by atoms with van der Waals surface area (Å²) >= 11 is 12.0. The van der Waals surface area contributed by atoms with Crippen LogP contribution in [-0.4, -0.2) is 23.0 Å². The molecule has 1 fully saturated rings. The van der Waals surface area contributed by atoms with Crippen LogP contribution in [0.15, 0.2) is 30.0 Å². The lowest BCUT2D eigenvalue weighted by molar-refractivity contribution is -0.112. The van der Waals surface area contributed by atoms with Crippen molar-refractivity contribution in [3.8, 4) is 6.07 Å². The standard InChI is InChI=1S/C19H24Cl2N4O/c1-18(2)8-13(9-19(3,4)25-18)23-11-12(10-22)17(26)24-15-7-5-6-14(20)16(15)21/h5-7,11,13,23,25H,8-9H2,1-4H3,(H,24,26)/b12-11-. The number of hydrogen-bond donors (Lipinski definition) is 3. The van der Waals surface area contributed by atoms with Crippen molar-refractivity contribution in [1.82, 2.24) is 10.6 Å². The van der Waals surface area contributed by atoms with Crippen molar-refractivity contribution >= 4 is 34.8 Å². The zero-order valence-electron chi connectivity index (χ0n) is 15.4. The lowest BCUT2D eigenvalue weighted by Gasteiger charge is -2.46. The van der Waals surface area contributed by atoms with Crippen LogP contribution in [0.3, 0.4) is 0 Å². The molecule has 1 aromatic rings. The number of nitriles is 1. The van der Waals surface area contributed by atoms with Gasteiger partial charge in [-0.3, -0.25) is 4.79 Å². The van der Waals surface area contributed by atoms with Gasteiger partial charge in [-0.05, 0) is 52.7 Å². The highest BCUT2D eigenvalue weighted by molar-refractivity contribution is 6.44. The normalized spacial score (nSPS) is 19.5. The van der Waals surface area contributed by atoms with Crippen LogP contribution in [0, 0.1) is 11.3 Å². The second kappa shape index (κ2) is 7.87. The van der Waals surface area contributed by atoms with E-state index in [1.807, 2.05) is 6.07 Å². The topological polar surface area (TPSA) is 77.0 Å². The minimum absolute atomic E-state index is 0.0183. The van der Waals surface area contributed by atoms with Crippen LogP contribution in [0.2, 0.25) is 10.0 Å². The Morgan fingerprint density at radius 1 is 1.27 bits per heavy atom. The zero-order chi connectivity index (χ0) is 19.5. The number of benzene rings is 1. The van der Waals surface area contributed by atoms with Crippen LogP contribution in [-0.2, 0) is 4.79 Å². The fraction of sp³-hybridized carbons (Fsp3) is 0.474. The summed E-state index contributed by atoms with van der Waals surface area (Å²) in [6.45, 7) is 8.58. The Bertz CT molecular complexity index is 749. The SMILES string of the molecule is CC1(C)CC(N/C=C(/C#N)C(=O)Nc2cccc(Cl)c2Cl)CC(C)(C)N1. The summed E-state index contributed by atoms with van der Waals surface area (Å²) < 4.78 is 0. The molecule has 1 heterocycles. The van der Waals surface area contributed by atoms with E-state index < -0.39 is 5.91 Å². The number of rotatable bonds is 4. The number of piperidine rings is 1. The van der Waals surface area contributed by atoms with Crippen LogP contribution < -0.4 is 16.0 Å².